The molecule has 1 aromatic heterocycles. The lowest BCUT2D eigenvalue weighted by atomic mass is 9.94. The van der Waals surface area contributed by atoms with Gasteiger partial charge in [0.15, 0.2) is 0 Å². The SMILES string of the molecule is O=C(c1ccc(NC2CCCC2)nc1)N1CCCN(C2CCCCC2)CC1. The maximum atomic E-state index is 12.9. The third kappa shape index (κ3) is 4.81. The number of carbonyl (C=O) groups is 1. The van der Waals surface area contributed by atoms with Gasteiger partial charge in [-0.15, -0.1) is 0 Å². The molecule has 4 rings (SSSR count). The van der Waals surface area contributed by atoms with Gasteiger partial charge in [-0.25, -0.2) is 4.98 Å². The minimum Gasteiger partial charge on any atom is -0.367 e. The zero-order valence-electron chi connectivity index (χ0n) is 16.5. The third-order valence-electron chi connectivity index (χ3n) is 6.63. The Labute approximate surface area is 163 Å². The summed E-state index contributed by atoms with van der Waals surface area (Å²) in [7, 11) is 0. The molecule has 1 aliphatic heterocycles. The fourth-order valence-corrected chi connectivity index (χ4v) is 5.02. The second kappa shape index (κ2) is 9.05. The van der Waals surface area contributed by atoms with Crippen LogP contribution < -0.4 is 5.32 Å². The first kappa shape index (κ1) is 18.7. The van der Waals surface area contributed by atoms with E-state index in [1.165, 1.54) is 57.8 Å². The molecule has 5 heteroatoms. The molecule has 1 aromatic rings. The highest BCUT2D eigenvalue weighted by molar-refractivity contribution is 5.94. The topological polar surface area (TPSA) is 48.5 Å². The van der Waals surface area contributed by atoms with Crippen LogP contribution in [0.5, 0.6) is 0 Å². The van der Waals surface area contributed by atoms with Crippen LogP contribution in [0, 0.1) is 0 Å². The number of hydrogen-bond acceptors (Lipinski definition) is 4. The molecule has 0 aromatic carbocycles. The molecule has 0 spiro atoms. The first-order chi connectivity index (χ1) is 13.3. The predicted octanol–water partition coefficient (Wildman–Crippen LogP) is 3.92. The average molecular weight is 371 g/mol. The molecule has 1 amide bonds. The highest BCUT2D eigenvalue weighted by Crippen LogP contribution is 2.24. The number of anilines is 1. The van der Waals surface area contributed by atoms with E-state index in [0.29, 0.717) is 6.04 Å². The lowest BCUT2D eigenvalue weighted by Crippen LogP contribution is -2.40. The van der Waals surface area contributed by atoms with Crippen molar-refractivity contribution in [3.8, 4) is 0 Å². The van der Waals surface area contributed by atoms with Crippen LogP contribution in [0.1, 0.15) is 74.6 Å². The van der Waals surface area contributed by atoms with Gasteiger partial charge in [0.25, 0.3) is 5.91 Å². The smallest absolute Gasteiger partial charge is 0.255 e. The number of nitrogens with one attached hydrogen (secondary N) is 1. The number of rotatable bonds is 4. The fraction of sp³-hybridized carbons (Fsp3) is 0.727. The van der Waals surface area contributed by atoms with Crippen molar-refractivity contribution in [2.24, 2.45) is 0 Å². The van der Waals surface area contributed by atoms with E-state index in [-0.39, 0.29) is 5.91 Å². The summed E-state index contributed by atoms with van der Waals surface area (Å²) in [5.41, 5.74) is 0.720. The molecule has 0 atom stereocenters. The first-order valence-electron chi connectivity index (χ1n) is 11.1. The van der Waals surface area contributed by atoms with E-state index < -0.39 is 0 Å². The van der Waals surface area contributed by atoms with Crippen LogP contribution >= 0.6 is 0 Å². The molecule has 2 heterocycles. The molecule has 2 saturated carbocycles. The van der Waals surface area contributed by atoms with Gasteiger partial charge in [-0.2, -0.15) is 0 Å². The molecule has 148 valence electrons. The van der Waals surface area contributed by atoms with E-state index in [9.17, 15) is 4.79 Å². The van der Waals surface area contributed by atoms with Crippen molar-refractivity contribution in [3.05, 3.63) is 23.9 Å². The van der Waals surface area contributed by atoms with Crippen molar-refractivity contribution in [1.82, 2.24) is 14.8 Å². The number of aromatic nitrogens is 1. The van der Waals surface area contributed by atoms with Gasteiger partial charge in [0, 0.05) is 44.5 Å². The lowest BCUT2D eigenvalue weighted by molar-refractivity contribution is 0.0754. The van der Waals surface area contributed by atoms with Crippen molar-refractivity contribution in [2.45, 2.75) is 76.3 Å². The van der Waals surface area contributed by atoms with E-state index in [4.69, 9.17) is 0 Å². The maximum Gasteiger partial charge on any atom is 0.255 e. The molecule has 27 heavy (non-hydrogen) atoms. The van der Waals surface area contributed by atoms with Crippen molar-refractivity contribution in [2.75, 3.05) is 31.5 Å². The van der Waals surface area contributed by atoms with Crippen molar-refractivity contribution in [3.63, 3.8) is 0 Å². The lowest BCUT2D eigenvalue weighted by Gasteiger charge is -2.33. The molecule has 0 bridgehead atoms. The van der Waals surface area contributed by atoms with Gasteiger partial charge < -0.3 is 10.2 Å². The Morgan fingerprint density at radius 2 is 1.67 bits per heavy atom. The van der Waals surface area contributed by atoms with Crippen molar-refractivity contribution in [1.29, 1.82) is 0 Å². The van der Waals surface area contributed by atoms with Gasteiger partial charge in [0.1, 0.15) is 5.82 Å². The largest absolute Gasteiger partial charge is 0.367 e. The van der Waals surface area contributed by atoms with Crippen LogP contribution in [-0.2, 0) is 0 Å². The second-order valence-corrected chi connectivity index (χ2v) is 8.53. The van der Waals surface area contributed by atoms with E-state index in [2.05, 4.69) is 15.2 Å². The number of pyridine rings is 1. The van der Waals surface area contributed by atoms with Crippen molar-refractivity contribution < 1.29 is 4.79 Å². The van der Waals surface area contributed by atoms with E-state index >= 15 is 0 Å². The molecule has 0 unspecified atom stereocenters. The van der Waals surface area contributed by atoms with Gasteiger partial charge in [-0.3, -0.25) is 9.69 Å². The minimum absolute atomic E-state index is 0.139. The molecule has 3 aliphatic rings. The standard InChI is InChI=1S/C22H34N4O/c27-22(18-11-12-21(23-17-18)24-19-7-4-5-8-19)26-14-6-13-25(15-16-26)20-9-2-1-3-10-20/h11-12,17,19-20H,1-10,13-16H2,(H,23,24). The number of hydrogen-bond donors (Lipinski definition) is 1. The Hall–Kier alpha value is -1.62. The Bertz CT molecular complexity index is 605. The van der Waals surface area contributed by atoms with Crippen LogP contribution in [0.25, 0.3) is 0 Å². The Morgan fingerprint density at radius 3 is 2.41 bits per heavy atom. The van der Waals surface area contributed by atoms with Crippen LogP contribution in [0.4, 0.5) is 5.82 Å². The summed E-state index contributed by atoms with van der Waals surface area (Å²) >= 11 is 0. The molecule has 3 fully saturated rings. The molecule has 1 N–H and O–H groups in total. The number of carbonyl (C=O) groups excluding carboxylic acids is 1. The molecule has 0 radical (unpaired) electrons. The van der Waals surface area contributed by atoms with Crippen LogP contribution in [0.15, 0.2) is 18.3 Å². The summed E-state index contributed by atoms with van der Waals surface area (Å²) in [6.07, 6.45) is 14.7. The predicted molar refractivity (Wildman–Crippen MR) is 109 cm³/mol. The third-order valence-corrected chi connectivity index (χ3v) is 6.63. The quantitative estimate of drug-likeness (QED) is 0.873. The zero-order chi connectivity index (χ0) is 18.5. The summed E-state index contributed by atoms with van der Waals surface area (Å²) < 4.78 is 0. The summed E-state index contributed by atoms with van der Waals surface area (Å²) in [6.45, 7) is 3.86. The van der Waals surface area contributed by atoms with E-state index in [0.717, 1.165) is 50.0 Å². The Kier molecular flexibility index (Phi) is 6.28. The summed E-state index contributed by atoms with van der Waals surface area (Å²) in [5, 5.41) is 3.50. The Morgan fingerprint density at radius 1 is 0.889 bits per heavy atom. The van der Waals surface area contributed by atoms with Gasteiger partial charge >= 0.3 is 0 Å². The van der Waals surface area contributed by atoms with E-state index in [1.54, 1.807) is 6.20 Å². The van der Waals surface area contributed by atoms with Crippen LogP contribution in [-0.4, -0.2) is 59.0 Å². The molecular formula is C22H34N4O. The van der Waals surface area contributed by atoms with Gasteiger partial charge in [-0.05, 0) is 44.2 Å². The van der Waals surface area contributed by atoms with Gasteiger partial charge in [-0.1, -0.05) is 32.1 Å². The number of amides is 1. The molecule has 5 nitrogen and oxygen atoms in total. The molecule has 1 saturated heterocycles. The van der Waals surface area contributed by atoms with Crippen LogP contribution in [0.2, 0.25) is 0 Å². The number of nitrogens with zero attached hydrogens (tertiary/aromatic N) is 3. The second-order valence-electron chi connectivity index (χ2n) is 8.53. The zero-order valence-corrected chi connectivity index (χ0v) is 16.5. The summed E-state index contributed by atoms with van der Waals surface area (Å²) in [6, 6.07) is 5.21. The maximum absolute atomic E-state index is 12.9. The summed E-state index contributed by atoms with van der Waals surface area (Å²) in [5.74, 6) is 1.04. The Balaban J connectivity index is 1.31. The average Bonchev–Trinajstić information content (AvgIpc) is 3.10. The fourth-order valence-electron chi connectivity index (χ4n) is 5.02. The van der Waals surface area contributed by atoms with Crippen LogP contribution in [0.3, 0.4) is 0 Å². The highest BCUT2D eigenvalue weighted by atomic mass is 16.2. The monoisotopic (exact) mass is 370 g/mol. The van der Waals surface area contributed by atoms with E-state index in [1.807, 2.05) is 17.0 Å². The van der Waals surface area contributed by atoms with Gasteiger partial charge in [0.05, 0.1) is 5.56 Å². The first-order valence-corrected chi connectivity index (χ1v) is 11.1. The summed E-state index contributed by atoms with van der Waals surface area (Å²) in [4.78, 5) is 22.1. The van der Waals surface area contributed by atoms with Crippen molar-refractivity contribution >= 4 is 11.7 Å². The minimum atomic E-state index is 0.139. The normalized spacial score (nSPS) is 23.3. The molecule has 2 aliphatic carbocycles. The molecular weight excluding hydrogens is 336 g/mol. The van der Waals surface area contributed by atoms with Gasteiger partial charge in [0.2, 0.25) is 0 Å². The highest BCUT2D eigenvalue weighted by Gasteiger charge is 2.26.